The minimum atomic E-state index is -0.317. The van der Waals surface area contributed by atoms with Crippen LogP contribution in [0.5, 0.6) is 0 Å². The van der Waals surface area contributed by atoms with Gasteiger partial charge in [-0.1, -0.05) is 89.5 Å². The van der Waals surface area contributed by atoms with Gasteiger partial charge in [0.05, 0.1) is 6.04 Å². The van der Waals surface area contributed by atoms with Crippen LogP contribution in [0.15, 0.2) is 0 Å². The fourth-order valence-electron chi connectivity index (χ4n) is 2.78. The van der Waals surface area contributed by atoms with Crippen molar-refractivity contribution >= 4 is 18.6 Å². The molecule has 0 radical (unpaired) electrons. The van der Waals surface area contributed by atoms with Crippen molar-refractivity contribution in [1.82, 2.24) is 15.5 Å². The number of nitrogens with one attached hydrogen (secondary N) is 2. The van der Waals surface area contributed by atoms with Crippen LogP contribution in [0, 0.1) is 11.3 Å². The Balaban J connectivity index is -0.000000117. The van der Waals surface area contributed by atoms with E-state index < -0.39 is 0 Å². The van der Waals surface area contributed by atoms with Crippen LogP contribution in [0.3, 0.4) is 0 Å². The summed E-state index contributed by atoms with van der Waals surface area (Å²) in [6.07, 6.45) is 2.95. The van der Waals surface area contributed by atoms with E-state index in [-0.39, 0.29) is 35.4 Å². The predicted molar refractivity (Wildman–Crippen MR) is 155 cm³/mol. The first-order chi connectivity index (χ1) is 16.4. The molecule has 0 spiro atoms. The molecule has 1 heterocycles. The molecule has 3 N–H and O–H groups in total. The van der Waals surface area contributed by atoms with E-state index in [1.165, 1.54) is 6.42 Å². The van der Waals surface area contributed by atoms with Crippen LogP contribution in [0.25, 0.3) is 0 Å². The van der Waals surface area contributed by atoms with Crippen LogP contribution < -0.4 is 10.6 Å². The van der Waals surface area contributed by atoms with Crippen molar-refractivity contribution in [3.63, 3.8) is 0 Å². The van der Waals surface area contributed by atoms with E-state index in [0.717, 1.165) is 25.9 Å². The lowest BCUT2D eigenvalue weighted by atomic mass is 9.86. The van der Waals surface area contributed by atoms with Gasteiger partial charge >= 0.3 is 0 Å². The molecule has 0 bridgehead atoms. The van der Waals surface area contributed by atoms with Crippen molar-refractivity contribution in [2.75, 3.05) is 20.7 Å². The molecule has 1 aliphatic rings. The largest absolute Gasteiger partial charge is 0.400 e. The molecule has 1 saturated heterocycles. The van der Waals surface area contributed by atoms with E-state index in [0.29, 0.717) is 6.54 Å². The SMILES string of the molecule is C=O.CC.CC.CC.CCC(C)C.CNC(C(=O)N1CCCC1C(=O)NC(C)C)C(C)(C)C.CO. The molecular formula is C28H65N3O4. The molecule has 1 fully saturated rings. The van der Waals surface area contributed by atoms with E-state index in [1.807, 2.05) is 83.0 Å². The third kappa shape index (κ3) is 25.4. The highest BCUT2D eigenvalue weighted by Gasteiger charge is 2.40. The number of aliphatic hydroxyl groups is 1. The monoisotopic (exact) mass is 507 g/mol. The van der Waals surface area contributed by atoms with E-state index in [1.54, 1.807) is 11.9 Å². The van der Waals surface area contributed by atoms with Gasteiger partial charge in [-0.25, -0.2) is 0 Å². The summed E-state index contributed by atoms with van der Waals surface area (Å²) >= 11 is 0. The van der Waals surface area contributed by atoms with E-state index >= 15 is 0 Å². The summed E-state index contributed by atoms with van der Waals surface area (Å²) in [7, 11) is 2.80. The van der Waals surface area contributed by atoms with Crippen molar-refractivity contribution < 1.29 is 19.5 Å². The Morgan fingerprint density at radius 1 is 0.971 bits per heavy atom. The first kappa shape index (κ1) is 46.8. The molecule has 2 amide bonds. The maximum absolute atomic E-state index is 12.7. The molecule has 216 valence electrons. The third-order valence-electron chi connectivity index (χ3n) is 4.49. The number of rotatable bonds is 5. The van der Waals surface area contributed by atoms with Gasteiger partial charge in [-0.05, 0) is 45.1 Å². The Morgan fingerprint density at radius 2 is 1.34 bits per heavy atom. The van der Waals surface area contributed by atoms with Crippen molar-refractivity contribution in [1.29, 1.82) is 0 Å². The number of carbonyl (C=O) groups excluding carboxylic acids is 3. The van der Waals surface area contributed by atoms with Crippen LogP contribution in [0.1, 0.15) is 116 Å². The summed E-state index contributed by atoms with van der Waals surface area (Å²) in [6, 6.07) is -0.485. The van der Waals surface area contributed by atoms with Gasteiger partial charge in [-0.15, -0.1) is 0 Å². The van der Waals surface area contributed by atoms with Crippen molar-refractivity contribution in [3.05, 3.63) is 0 Å². The summed E-state index contributed by atoms with van der Waals surface area (Å²) in [4.78, 5) is 34.7. The quantitative estimate of drug-likeness (QED) is 0.444. The zero-order chi connectivity index (χ0) is 29.8. The standard InChI is InChI=1S/C15H29N3O2.C5H12.3C2H6.CH4O.CH2O/c1-10(2)17-13(19)11-8-7-9-18(11)14(20)12(16-6)15(3,4)5;1-4-5(2)3;5*1-2/h10-12,16H,7-9H2,1-6H3,(H,17,19);5H,4H2,1-3H3;3*1-2H3;2H,1H3;1H2. The van der Waals surface area contributed by atoms with Crippen molar-refractivity contribution in [3.8, 4) is 0 Å². The molecule has 7 heteroatoms. The number of hydrogen-bond donors (Lipinski definition) is 3. The summed E-state index contributed by atoms with van der Waals surface area (Å²) < 4.78 is 0. The normalized spacial score (nSPS) is 14.3. The fraction of sp³-hybridized carbons (Fsp3) is 0.893. The van der Waals surface area contributed by atoms with Crippen molar-refractivity contribution in [2.24, 2.45) is 11.3 Å². The van der Waals surface area contributed by atoms with Gasteiger partial charge < -0.3 is 25.4 Å². The van der Waals surface area contributed by atoms with Crippen LogP contribution in [0.2, 0.25) is 0 Å². The highest BCUT2D eigenvalue weighted by molar-refractivity contribution is 5.90. The summed E-state index contributed by atoms with van der Waals surface area (Å²) in [5.41, 5.74) is -0.173. The highest BCUT2D eigenvalue weighted by atomic mass is 16.2. The smallest absolute Gasteiger partial charge is 0.243 e. The summed E-state index contributed by atoms with van der Waals surface area (Å²) in [6.45, 7) is 31.3. The van der Waals surface area contributed by atoms with Gasteiger partial charge in [0, 0.05) is 19.7 Å². The second-order valence-corrected chi connectivity index (χ2v) is 8.74. The van der Waals surface area contributed by atoms with Crippen molar-refractivity contribution in [2.45, 2.75) is 134 Å². The van der Waals surface area contributed by atoms with Crippen LogP contribution in [0.4, 0.5) is 0 Å². The minimum absolute atomic E-state index is 0.0291. The first-order valence-corrected chi connectivity index (χ1v) is 13.5. The molecule has 0 aromatic heterocycles. The van der Waals surface area contributed by atoms with Gasteiger partial charge in [-0.2, -0.15) is 0 Å². The van der Waals surface area contributed by atoms with Gasteiger partial charge in [0.15, 0.2) is 0 Å². The molecule has 2 atom stereocenters. The second kappa shape index (κ2) is 32.5. The zero-order valence-corrected chi connectivity index (χ0v) is 26.5. The Bertz CT molecular complexity index is 436. The van der Waals surface area contributed by atoms with E-state index in [2.05, 4.69) is 31.4 Å². The van der Waals surface area contributed by atoms with Crippen LogP contribution in [-0.2, 0) is 14.4 Å². The van der Waals surface area contributed by atoms with Gasteiger partial charge in [0.2, 0.25) is 11.8 Å². The molecule has 7 nitrogen and oxygen atoms in total. The third-order valence-corrected chi connectivity index (χ3v) is 4.49. The molecule has 0 aromatic carbocycles. The lowest BCUT2D eigenvalue weighted by molar-refractivity contribution is -0.142. The maximum Gasteiger partial charge on any atom is 0.243 e. The maximum atomic E-state index is 12.7. The number of nitrogens with zero attached hydrogens (tertiary/aromatic N) is 1. The molecule has 0 aromatic rings. The Kier molecular flexibility index (Phi) is 43.5. The first-order valence-electron chi connectivity index (χ1n) is 13.5. The van der Waals surface area contributed by atoms with E-state index in [9.17, 15) is 9.59 Å². The van der Waals surface area contributed by atoms with Gasteiger partial charge in [0.25, 0.3) is 0 Å². The topological polar surface area (TPSA) is 98.7 Å². The number of likely N-dealkylation sites (tertiary alicyclic amines) is 1. The number of likely N-dealkylation sites (N-methyl/N-ethyl adjacent to an activating group) is 1. The van der Waals surface area contributed by atoms with Crippen LogP contribution in [-0.4, -0.2) is 67.4 Å². The zero-order valence-electron chi connectivity index (χ0n) is 26.5. The highest BCUT2D eigenvalue weighted by Crippen LogP contribution is 2.25. The fourth-order valence-corrected chi connectivity index (χ4v) is 2.78. The number of aliphatic hydroxyl groups excluding tert-OH is 1. The second-order valence-electron chi connectivity index (χ2n) is 8.74. The predicted octanol–water partition coefficient (Wildman–Crippen LogP) is 5.69. The Hall–Kier alpha value is -1.47. The molecule has 0 saturated carbocycles. The number of amides is 2. The Labute approximate surface area is 220 Å². The molecule has 1 aliphatic heterocycles. The Morgan fingerprint density at radius 3 is 1.60 bits per heavy atom. The van der Waals surface area contributed by atoms with Gasteiger partial charge in [-0.3, -0.25) is 9.59 Å². The lowest BCUT2D eigenvalue weighted by Crippen LogP contribution is -2.56. The molecule has 1 rings (SSSR count). The minimum Gasteiger partial charge on any atom is -0.400 e. The molecule has 0 aliphatic carbocycles. The molecular weight excluding hydrogens is 442 g/mol. The number of carbonyl (C=O) groups is 3. The van der Waals surface area contributed by atoms with Gasteiger partial charge in [0.1, 0.15) is 12.8 Å². The van der Waals surface area contributed by atoms with Crippen LogP contribution >= 0.6 is 0 Å². The molecule has 2 unspecified atom stereocenters. The van der Waals surface area contributed by atoms with E-state index in [4.69, 9.17) is 9.90 Å². The lowest BCUT2D eigenvalue weighted by Gasteiger charge is -2.34. The summed E-state index contributed by atoms with van der Waals surface area (Å²) in [5.74, 6) is 0.881. The molecule has 35 heavy (non-hydrogen) atoms. The number of hydrogen-bond acceptors (Lipinski definition) is 5. The summed E-state index contributed by atoms with van der Waals surface area (Å²) in [5, 5.41) is 13.0. The average molecular weight is 508 g/mol. The average Bonchev–Trinajstić information content (AvgIpc) is 3.35.